The zero-order valence-corrected chi connectivity index (χ0v) is 12.5. The van der Waals surface area contributed by atoms with Gasteiger partial charge in [-0.1, -0.05) is 36.6 Å². The van der Waals surface area contributed by atoms with Crippen molar-refractivity contribution in [3.8, 4) is 18.1 Å². The molecule has 1 amide bonds. The Balaban J connectivity index is 2.80. The van der Waals surface area contributed by atoms with E-state index in [2.05, 4.69) is 16.6 Å². The van der Waals surface area contributed by atoms with Crippen LogP contribution >= 0.6 is 11.6 Å². The van der Waals surface area contributed by atoms with E-state index in [1.807, 2.05) is 19.1 Å². The summed E-state index contributed by atoms with van der Waals surface area (Å²) in [5.74, 6) is 2.60. The maximum atomic E-state index is 11.8. The highest BCUT2D eigenvalue weighted by molar-refractivity contribution is 6.32. The first-order valence-corrected chi connectivity index (χ1v) is 6.83. The van der Waals surface area contributed by atoms with Crippen LogP contribution in [-0.4, -0.2) is 25.1 Å². The molecule has 0 heterocycles. The average Bonchev–Trinajstić information content (AvgIpc) is 2.45. The molecule has 1 unspecified atom stereocenters. The summed E-state index contributed by atoms with van der Waals surface area (Å²) in [6.07, 6.45) is 4.43. The third-order valence-electron chi connectivity index (χ3n) is 2.64. The minimum atomic E-state index is -0.663. The number of benzene rings is 1. The van der Waals surface area contributed by atoms with Crippen molar-refractivity contribution in [1.29, 1.82) is 0 Å². The van der Waals surface area contributed by atoms with Crippen LogP contribution in [-0.2, 0) is 11.3 Å². The smallest absolute Gasteiger partial charge is 0.261 e. The summed E-state index contributed by atoms with van der Waals surface area (Å²) in [7, 11) is 0. The summed E-state index contributed by atoms with van der Waals surface area (Å²) < 4.78 is 5.68. The molecule has 0 radical (unpaired) electrons. The molecule has 4 nitrogen and oxygen atoms in total. The Morgan fingerprint density at radius 3 is 2.95 bits per heavy atom. The quantitative estimate of drug-likeness (QED) is 0.756. The molecule has 1 aromatic carbocycles. The lowest BCUT2D eigenvalue weighted by molar-refractivity contribution is -0.127. The molecule has 0 aliphatic rings. The molecule has 0 aliphatic carbocycles. The van der Waals surface area contributed by atoms with Crippen molar-refractivity contribution in [1.82, 2.24) is 10.6 Å². The van der Waals surface area contributed by atoms with Gasteiger partial charge >= 0.3 is 0 Å². The second-order valence-corrected chi connectivity index (χ2v) is 4.60. The van der Waals surface area contributed by atoms with Crippen molar-refractivity contribution in [2.45, 2.75) is 26.5 Å². The van der Waals surface area contributed by atoms with Crippen LogP contribution in [0.2, 0.25) is 5.02 Å². The van der Waals surface area contributed by atoms with E-state index in [4.69, 9.17) is 22.8 Å². The van der Waals surface area contributed by atoms with E-state index in [0.29, 0.717) is 17.3 Å². The van der Waals surface area contributed by atoms with Crippen LogP contribution in [0.5, 0.6) is 5.75 Å². The lowest BCUT2D eigenvalue weighted by atomic mass is 10.2. The standard InChI is InChI=1S/C15H19ClN2O2/c1-4-9-18-15(19)11(3)20-14-12(10-17-5-2)7-6-8-13(14)16/h1,6-8,11,17H,5,9-10H2,2-3H3,(H,18,19). The van der Waals surface area contributed by atoms with Crippen molar-refractivity contribution in [3.05, 3.63) is 28.8 Å². The van der Waals surface area contributed by atoms with Crippen LogP contribution < -0.4 is 15.4 Å². The van der Waals surface area contributed by atoms with Gasteiger partial charge in [0, 0.05) is 12.1 Å². The van der Waals surface area contributed by atoms with Crippen molar-refractivity contribution in [3.63, 3.8) is 0 Å². The van der Waals surface area contributed by atoms with Gasteiger partial charge in [0.25, 0.3) is 5.91 Å². The van der Waals surface area contributed by atoms with E-state index in [1.165, 1.54) is 0 Å². The van der Waals surface area contributed by atoms with Crippen LogP contribution in [0.4, 0.5) is 0 Å². The van der Waals surface area contributed by atoms with E-state index >= 15 is 0 Å². The molecule has 108 valence electrons. The van der Waals surface area contributed by atoms with Crippen LogP contribution in [0.15, 0.2) is 18.2 Å². The molecule has 0 aliphatic heterocycles. The molecule has 0 fully saturated rings. The fourth-order valence-corrected chi connectivity index (χ4v) is 1.84. The maximum absolute atomic E-state index is 11.8. The summed E-state index contributed by atoms with van der Waals surface area (Å²) in [4.78, 5) is 11.8. The monoisotopic (exact) mass is 294 g/mol. The third-order valence-corrected chi connectivity index (χ3v) is 2.94. The Hall–Kier alpha value is -1.70. The molecule has 5 heteroatoms. The number of hydrogen-bond acceptors (Lipinski definition) is 3. The Bertz CT molecular complexity index is 497. The number of para-hydroxylation sites is 1. The van der Waals surface area contributed by atoms with E-state index in [0.717, 1.165) is 12.1 Å². The first kappa shape index (κ1) is 16.4. The van der Waals surface area contributed by atoms with Crippen molar-refractivity contribution in [2.75, 3.05) is 13.1 Å². The van der Waals surface area contributed by atoms with Crippen LogP contribution in [0.25, 0.3) is 0 Å². The summed E-state index contributed by atoms with van der Waals surface area (Å²) >= 11 is 6.14. The topological polar surface area (TPSA) is 50.4 Å². The number of amides is 1. The van der Waals surface area contributed by atoms with Gasteiger partial charge in [-0.15, -0.1) is 6.42 Å². The van der Waals surface area contributed by atoms with Crippen LogP contribution in [0.3, 0.4) is 0 Å². The average molecular weight is 295 g/mol. The molecule has 0 spiro atoms. The highest BCUT2D eigenvalue weighted by Crippen LogP contribution is 2.29. The number of carbonyl (C=O) groups is 1. The molecule has 0 saturated carbocycles. The fourth-order valence-electron chi connectivity index (χ4n) is 1.60. The fraction of sp³-hybridized carbons (Fsp3) is 0.400. The molecule has 1 aromatic rings. The number of hydrogen-bond donors (Lipinski definition) is 2. The van der Waals surface area contributed by atoms with Gasteiger partial charge in [-0.3, -0.25) is 4.79 Å². The van der Waals surface area contributed by atoms with Gasteiger partial charge in [0.15, 0.2) is 6.10 Å². The van der Waals surface area contributed by atoms with Gasteiger partial charge in [-0.2, -0.15) is 0 Å². The van der Waals surface area contributed by atoms with Gasteiger partial charge in [-0.05, 0) is 19.5 Å². The van der Waals surface area contributed by atoms with Gasteiger partial charge in [0.1, 0.15) is 5.75 Å². The highest BCUT2D eigenvalue weighted by Gasteiger charge is 2.17. The molecule has 0 aromatic heterocycles. The van der Waals surface area contributed by atoms with Gasteiger partial charge in [-0.25, -0.2) is 0 Å². The van der Waals surface area contributed by atoms with E-state index in [9.17, 15) is 4.79 Å². The van der Waals surface area contributed by atoms with E-state index in [-0.39, 0.29) is 12.5 Å². The predicted molar refractivity (Wildman–Crippen MR) is 80.8 cm³/mol. The Kier molecular flexibility index (Phi) is 6.92. The molecule has 0 saturated heterocycles. The normalized spacial score (nSPS) is 11.5. The second kappa shape index (κ2) is 8.47. The Morgan fingerprint density at radius 2 is 2.30 bits per heavy atom. The lowest BCUT2D eigenvalue weighted by Gasteiger charge is -2.18. The van der Waals surface area contributed by atoms with Crippen LogP contribution in [0, 0.1) is 12.3 Å². The summed E-state index contributed by atoms with van der Waals surface area (Å²) in [6.45, 7) is 5.32. The van der Waals surface area contributed by atoms with Crippen molar-refractivity contribution < 1.29 is 9.53 Å². The van der Waals surface area contributed by atoms with Gasteiger partial charge < -0.3 is 15.4 Å². The molecular weight excluding hydrogens is 276 g/mol. The van der Waals surface area contributed by atoms with Gasteiger partial charge in [0.2, 0.25) is 0 Å². The number of ether oxygens (including phenoxy) is 1. The number of terminal acetylenes is 1. The number of carbonyl (C=O) groups excluding carboxylic acids is 1. The maximum Gasteiger partial charge on any atom is 0.261 e. The van der Waals surface area contributed by atoms with Crippen molar-refractivity contribution in [2.24, 2.45) is 0 Å². The molecule has 0 bridgehead atoms. The first-order valence-electron chi connectivity index (χ1n) is 6.46. The Morgan fingerprint density at radius 1 is 1.55 bits per heavy atom. The summed E-state index contributed by atoms with van der Waals surface area (Å²) in [5.41, 5.74) is 0.913. The zero-order chi connectivity index (χ0) is 15.0. The highest BCUT2D eigenvalue weighted by atomic mass is 35.5. The number of rotatable bonds is 7. The van der Waals surface area contributed by atoms with Gasteiger partial charge in [0.05, 0.1) is 11.6 Å². The summed E-state index contributed by atoms with van der Waals surface area (Å²) in [6, 6.07) is 5.50. The largest absolute Gasteiger partial charge is 0.479 e. The third kappa shape index (κ3) is 4.76. The van der Waals surface area contributed by atoms with E-state index < -0.39 is 6.10 Å². The molecule has 2 N–H and O–H groups in total. The first-order chi connectivity index (χ1) is 9.60. The SMILES string of the molecule is C#CCNC(=O)C(C)Oc1c(Cl)cccc1CNCC. The van der Waals surface area contributed by atoms with E-state index in [1.54, 1.807) is 13.0 Å². The molecule has 20 heavy (non-hydrogen) atoms. The molecule has 1 rings (SSSR count). The van der Waals surface area contributed by atoms with Crippen LogP contribution in [0.1, 0.15) is 19.4 Å². The lowest BCUT2D eigenvalue weighted by Crippen LogP contribution is -2.36. The minimum Gasteiger partial charge on any atom is -0.479 e. The number of nitrogens with one attached hydrogen (secondary N) is 2. The summed E-state index contributed by atoms with van der Waals surface area (Å²) in [5, 5.41) is 6.26. The molecule has 1 atom stereocenters. The minimum absolute atomic E-state index is 0.180. The zero-order valence-electron chi connectivity index (χ0n) is 11.7. The predicted octanol–water partition coefficient (Wildman–Crippen LogP) is 1.97. The van der Waals surface area contributed by atoms with Crippen molar-refractivity contribution >= 4 is 17.5 Å². The second-order valence-electron chi connectivity index (χ2n) is 4.19. The Labute approximate surface area is 124 Å². The number of halogens is 1. The molecular formula is C15H19ClN2O2.